The van der Waals surface area contributed by atoms with Gasteiger partial charge in [0.1, 0.15) is 0 Å². The molecule has 11 heavy (non-hydrogen) atoms. The number of nitrogens with two attached hydrogens (primary N) is 1. The molecular formula is C4H8B2N2O2S. The monoisotopic (exact) mass is 170 g/mol. The first kappa shape index (κ1) is 8.67. The summed E-state index contributed by atoms with van der Waals surface area (Å²) in [6.45, 7) is 0.386. The highest BCUT2D eigenvalue weighted by atomic mass is 32.2. The van der Waals surface area contributed by atoms with Crippen molar-refractivity contribution in [2.75, 3.05) is 0 Å². The molecule has 1 aliphatic rings. The van der Waals surface area contributed by atoms with Gasteiger partial charge < -0.3 is 10.5 Å². The highest BCUT2D eigenvalue weighted by molar-refractivity contribution is 8.23. The van der Waals surface area contributed by atoms with Gasteiger partial charge in [0.05, 0.1) is 5.25 Å². The molecule has 4 nitrogen and oxygen atoms in total. The van der Waals surface area contributed by atoms with Crippen LogP contribution in [0.5, 0.6) is 0 Å². The summed E-state index contributed by atoms with van der Waals surface area (Å²) in [6.07, 6.45) is 0.303. The summed E-state index contributed by atoms with van der Waals surface area (Å²) in [7, 11) is 1.50. The predicted octanol–water partition coefficient (Wildman–Crippen LogP) is -2.38. The van der Waals surface area contributed by atoms with Crippen LogP contribution in [0, 0.1) is 0 Å². The van der Waals surface area contributed by atoms with Crippen molar-refractivity contribution in [2.24, 2.45) is 5.64 Å². The Bertz CT molecular complexity index is 201. The van der Waals surface area contributed by atoms with Gasteiger partial charge in [-0.1, -0.05) is 0 Å². The molecule has 1 atom stereocenters. The van der Waals surface area contributed by atoms with Crippen LogP contribution in [0.15, 0.2) is 0 Å². The number of carbonyl (C=O) groups is 2. The van der Waals surface area contributed by atoms with Gasteiger partial charge in [-0.05, 0) is 0 Å². The topological polar surface area (TPSA) is 63.4 Å². The molecular weight excluding hydrogens is 162 g/mol. The van der Waals surface area contributed by atoms with Gasteiger partial charge in [0.25, 0.3) is 6.69 Å². The lowest BCUT2D eigenvalue weighted by atomic mass is 10.3. The quantitative estimate of drug-likeness (QED) is 0.371. The molecule has 0 aromatic heterocycles. The fraction of sp³-hybridized carbons (Fsp3) is 0.500. The number of imide groups is 1. The fourth-order valence-corrected chi connectivity index (χ4v) is 1.76. The zero-order valence-corrected chi connectivity index (χ0v) is 7.06. The van der Waals surface area contributed by atoms with Crippen molar-refractivity contribution in [3.05, 3.63) is 0 Å². The van der Waals surface area contributed by atoms with E-state index in [9.17, 15) is 9.59 Å². The Morgan fingerprint density at radius 3 is 2.73 bits per heavy atom. The first-order chi connectivity index (χ1) is 5.16. The SMILES string of the molecule is BN1C(=O)CC(SBN)C1=O. The average Bonchev–Trinajstić information content (AvgIpc) is 2.19. The van der Waals surface area contributed by atoms with Crippen LogP contribution < -0.4 is 5.64 Å². The molecule has 1 saturated heterocycles. The van der Waals surface area contributed by atoms with E-state index in [-0.39, 0.29) is 17.1 Å². The van der Waals surface area contributed by atoms with Gasteiger partial charge in [0.2, 0.25) is 19.8 Å². The minimum Gasteiger partial charge on any atom is -0.363 e. The summed E-state index contributed by atoms with van der Waals surface area (Å²) in [5.74, 6) is -0.230. The minimum absolute atomic E-state index is 0.110. The molecule has 1 unspecified atom stereocenters. The first-order valence-electron chi connectivity index (χ1n) is 3.29. The smallest absolute Gasteiger partial charge is 0.268 e. The van der Waals surface area contributed by atoms with Gasteiger partial charge >= 0.3 is 0 Å². The summed E-state index contributed by atoms with van der Waals surface area (Å²) in [6, 6.07) is 0. The number of carbonyl (C=O) groups excluding carboxylic acids is 2. The van der Waals surface area contributed by atoms with Gasteiger partial charge in [-0.2, -0.15) is 11.6 Å². The van der Waals surface area contributed by atoms with Crippen molar-refractivity contribution >= 4 is 38.1 Å². The van der Waals surface area contributed by atoms with E-state index >= 15 is 0 Å². The fourth-order valence-electron chi connectivity index (χ4n) is 0.968. The second-order valence-corrected chi connectivity index (χ2v) is 3.55. The summed E-state index contributed by atoms with van der Waals surface area (Å²) < 4.78 is 0. The molecule has 0 spiro atoms. The van der Waals surface area contributed by atoms with Crippen LogP contribution in [0.3, 0.4) is 0 Å². The molecule has 0 aliphatic carbocycles. The lowest BCUT2D eigenvalue weighted by Gasteiger charge is -2.06. The van der Waals surface area contributed by atoms with E-state index < -0.39 is 0 Å². The van der Waals surface area contributed by atoms with Crippen LogP contribution in [-0.2, 0) is 9.59 Å². The Morgan fingerprint density at radius 1 is 1.73 bits per heavy atom. The zero-order chi connectivity index (χ0) is 8.43. The Labute approximate surface area is 70.5 Å². The third-order valence-electron chi connectivity index (χ3n) is 1.64. The van der Waals surface area contributed by atoms with Crippen molar-refractivity contribution in [3.63, 3.8) is 0 Å². The third-order valence-corrected chi connectivity index (χ3v) is 2.60. The van der Waals surface area contributed by atoms with Crippen LogP contribution in [0.25, 0.3) is 0 Å². The van der Waals surface area contributed by atoms with Gasteiger partial charge in [-0.15, -0.1) is 0 Å². The van der Waals surface area contributed by atoms with Gasteiger partial charge in [-0.3, -0.25) is 9.59 Å². The molecule has 1 aliphatic heterocycles. The minimum atomic E-state index is -0.238. The van der Waals surface area contributed by atoms with E-state index in [1.54, 1.807) is 0 Å². The largest absolute Gasteiger partial charge is 0.363 e. The molecule has 0 bridgehead atoms. The molecule has 1 rings (SSSR count). The second kappa shape index (κ2) is 3.32. The average molecular weight is 170 g/mol. The molecule has 0 aromatic rings. The van der Waals surface area contributed by atoms with Crippen LogP contribution in [0.2, 0.25) is 0 Å². The standard InChI is InChI=1S/C4H8B2N2O2S/c5-8-3(9)1-2(4(8)10)11-6-7/h2,6H,1,5,7H2. The van der Waals surface area contributed by atoms with Crippen LogP contribution in [0.1, 0.15) is 6.42 Å². The van der Waals surface area contributed by atoms with Crippen molar-refractivity contribution in [1.29, 1.82) is 0 Å². The zero-order valence-electron chi connectivity index (χ0n) is 6.24. The van der Waals surface area contributed by atoms with E-state index in [4.69, 9.17) is 5.64 Å². The molecule has 2 amide bonds. The van der Waals surface area contributed by atoms with Gasteiger partial charge in [0, 0.05) is 6.42 Å². The molecule has 1 fully saturated rings. The maximum Gasteiger partial charge on any atom is 0.268 e. The number of hydrogen-bond donors (Lipinski definition) is 1. The molecule has 58 valence electrons. The molecule has 2 N–H and O–H groups in total. The van der Waals surface area contributed by atoms with Gasteiger partial charge in [-0.25, -0.2) is 0 Å². The van der Waals surface area contributed by atoms with E-state index in [0.29, 0.717) is 13.1 Å². The van der Waals surface area contributed by atoms with E-state index in [0.717, 1.165) is 4.81 Å². The predicted molar refractivity (Wildman–Crippen MR) is 47.7 cm³/mol. The molecule has 7 heteroatoms. The maximum atomic E-state index is 11.1. The maximum absolute atomic E-state index is 11.1. The summed E-state index contributed by atoms with van der Waals surface area (Å²) in [4.78, 5) is 23.2. The summed E-state index contributed by atoms with van der Waals surface area (Å²) in [5.41, 5.74) is 5.24. The van der Waals surface area contributed by atoms with Crippen molar-refractivity contribution < 1.29 is 9.59 Å². The number of rotatable bonds is 2. The van der Waals surface area contributed by atoms with Crippen molar-refractivity contribution in [2.45, 2.75) is 11.7 Å². The highest BCUT2D eigenvalue weighted by Gasteiger charge is 2.34. The Balaban J connectivity index is 2.60. The second-order valence-electron chi connectivity index (χ2n) is 2.32. The lowest BCUT2D eigenvalue weighted by Crippen LogP contribution is -2.28. The Kier molecular flexibility index (Phi) is 2.62. The highest BCUT2D eigenvalue weighted by Crippen LogP contribution is 2.21. The molecule has 0 aromatic carbocycles. The van der Waals surface area contributed by atoms with Crippen molar-refractivity contribution in [3.8, 4) is 0 Å². The first-order valence-corrected chi connectivity index (χ1v) is 4.33. The number of nitrogens with zero attached hydrogens (tertiary/aromatic N) is 1. The van der Waals surface area contributed by atoms with E-state index in [1.165, 1.54) is 19.6 Å². The summed E-state index contributed by atoms with van der Waals surface area (Å²) in [5, 5.41) is -0.238. The number of hydrogen-bond acceptors (Lipinski definition) is 4. The van der Waals surface area contributed by atoms with Crippen LogP contribution >= 0.6 is 11.6 Å². The van der Waals surface area contributed by atoms with Crippen LogP contribution in [0.4, 0.5) is 0 Å². The Morgan fingerprint density at radius 2 is 2.36 bits per heavy atom. The Hall–Kier alpha value is -0.420. The molecule has 1 heterocycles. The molecule has 0 saturated carbocycles. The lowest BCUT2D eigenvalue weighted by molar-refractivity contribution is -0.132. The van der Waals surface area contributed by atoms with Crippen LogP contribution in [-0.4, -0.2) is 36.5 Å². The normalized spacial score (nSPS) is 24.5. The third kappa shape index (κ3) is 1.59. The summed E-state index contributed by atoms with van der Waals surface area (Å²) >= 11 is 1.32. The van der Waals surface area contributed by atoms with E-state index in [2.05, 4.69) is 0 Å². The van der Waals surface area contributed by atoms with Gasteiger partial charge in [0.15, 0.2) is 0 Å². The number of amides is 2. The molecule has 0 radical (unpaired) electrons. The van der Waals surface area contributed by atoms with Crippen molar-refractivity contribution in [1.82, 2.24) is 4.81 Å². The van der Waals surface area contributed by atoms with E-state index in [1.807, 2.05) is 0 Å².